The van der Waals surface area contributed by atoms with Crippen LogP contribution in [-0.4, -0.2) is 222 Å². The SMILES string of the molecule is COC(=O)[C@H](CCC(=O)O)NC(=O)N[C@@H](CCCCNC(=O)CCCCCCC(=O)N[C@@H](CCCCNC(=O)CN1CCN(C)CCN(CC(=O)O)CCN(CC(=O)O)CC1)C(=O)O)C(=O)O. The van der Waals surface area contributed by atoms with Crippen LogP contribution in [0.15, 0.2) is 0 Å². The summed E-state index contributed by atoms with van der Waals surface area (Å²) in [6.45, 7) is 4.05. The van der Waals surface area contributed by atoms with Gasteiger partial charge in [-0.15, -0.1) is 0 Å². The Balaban J connectivity index is 2.32. The summed E-state index contributed by atoms with van der Waals surface area (Å²) in [6, 6.07) is -4.65. The normalized spacial score (nSPS) is 15.9. The topological polar surface area (TPSA) is 354 Å². The van der Waals surface area contributed by atoms with E-state index in [4.69, 9.17) is 5.11 Å². The number of methoxy groups -OCH3 is 1. The summed E-state index contributed by atoms with van der Waals surface area (Å²) < 4.78 is 4.55. The van der Waals surface area contributed by atoms with Crippen molar-refractivity contribution < 1.29 is 78.2 Å². The Morgan fingerprint density at radius 1 is 0.463 bits per heavy atom. The molecule has 0 spiro atoms. The summed E-state index contributed by atoms with van der Waals surface area (Å²) in [5, 5.41) is 59.3. The van der Waals surface area contributed by atoms with Crippen molar-refractivity contribution in [1.82, 2.24) is 46.2 Å². The first-order chi connectivity index (χ1) is 31.8. The maximum absolute atomic E-state index is 12.9. The molecule has 0 saturated carbocycles. The van der Waals surface area contributed by atoms with E-state index in [0.717, 1.165) is 7.11 Å². The predicted molar refractivity (Wildman–Crippen MR) is 239 cm³/mol. The minimum atomic E-state index is -1.32. The van der Waals surface area contributed by atoms with Crippen LogP contribution in [0.5, 0.6) is 0 Å². The van der Waals surface area contributed by atoms with Gasteiger partial charge in [0, 0.05) is 84.7 Å². The number of amides is 5. The molecule has 1 aliphatic heterocycles. The van der Waals surface area contributed by atoms with Crippen LogP contribution >= 0.6 is 0 Å². The molecule has 0 radical (unpaired) electrons. The quantitative estimate of drug-likeness (QED) is 0.0275. The fraction of sp³-hybridized carbons (Fsp3) is 0.762. The van der Waals surface area contributed by atoms with Gasteiger partial charge in [-0.1, -0.05) is 12.8 Å². The average molecular weight is 960 g/mol. The van der Waals surface area contributed by atoms with Crippen LogP contribution in [0.3, 0.4) is 0 Å². The van der Waals surface area contributed by atoms with E-state index in [9.17, 15) is 68.4 Å². The molecule has 25 nitrogen and oxygen atoms in total. The van der Waals surface area contributed by atoms with Crippen LogP contribution in [0.25, 0.3) is 0 Å². The lowest BCUT2D eigenvalue weighted by Gasteiger charge is -2.32. The minimum absolute atomic E-state index is 0.0269. The summed E-state index contributed by atoms with van der Waals surface area (Å²) in [7, 11) is 2.98. The van der Waals surface area contributed by atoms with Crippen molar-refractivity contribution >= 4 is 59.6 Å². The Kier molecular flexibility index (Phi) is 30.7. The third-order valence-corrected chi connectivity index (χ3v) is 10.9. The molecule has 0 aromatic rings. The molecular formula is C42H73N9O16. The van der Waals surface area contributed by atoms with Crippen molar-refractivity contribution in [3.8, 4) is 0 Å². The van der Waals surface area contributed by atoms with Crippen LogP contribution in [-0.2, 0) is 47.9 Å². The molecule has 3 atom stereocenters. The first-order valence-corrected chi connectivity index (χ1v) is 22.7. The second-order valence-corrected chi connectivity index (χ2v) is 16.5. The number of urea groups is 1. The summed E-state index contributed by atoms with van der Waals surface area (Å²) in [5.74, 6) is -7.36. The first-order valence-electron chi connectivity index (χ1n) is 22.7. The number of hydrogen-bond donors (Lipinski definition) is 10. The number of carboxylic acid groups (broad SMARTS) is 5. The summed E-state index contributed by atoms with van der Waals surface area (Å²) in [4.78, 5) is 126. The number of esters is 1. The molecule has 0 bridgehead atoms. The van der Waals surface area contributed by atoms with E-state index in [-0.39, 0.29) is 70.1 Å². The smallest absolute Gasteiger partial charge is 0.328 e. The fourth-order valence-electron chi connectivity index (χ4n) is 6.97. The molecule has 0 aliphatic carbocycles. The summed E-state index contributed by atoms with van der Waals surface area (Å²) in [5.41, 5.74) is 0. The fourth-order valence-corrected chi connectivity index (χ4v) is 6.97. The van der Waals surface area contributed by atoms with E-state index in [1.165, 1.54) is 0 Å². The molecule has 1 rings (SSSR count). The number of ether oxygens (including phenoxy) is 1. The van der Waals surface area contributed by atoms with E-state index in [0.29, 0.717) is 110 Å². The molecule has 1 heterocycles. The maximum atomic E-state index is 12.9. The van der Waals surface area contributed by atoms with Gasteiger partial charge in [-0.2, -0.15) is 0 Å². The van der Waals surface area contributed by atoms with Crippen LogP contribution in [0.2, 0.25) is 0 Å². The maximum Gasteiger partial charge on any atom is 0.328 e. The Bertz CT molecular complexity index is 1610. The van der Waals surface area contributed by atoms with Gasteiger partial charge in [0.25, 0.3) is 0 Å². The van der Waals surface area contributed by atoms with Crippen LogP contribution in [0.1, 0.15) is 89.9 Å². The van der Waals surface area contributed by atoms with Crippen molar-refractivity contribution in [2.75, 3.05) is 99.2 Å². The highest BCUT2D eigenvalue weighted by molar-refractivity contribution is 5.87. The van der Waals surface area contributed by atoms with Crippen molar-refractivity contribution in [3.63, 3.8) is 0 Å². The first kappa shape index (κ1) is 59.4. The minimum Gasteiger partial charge on any atom is -0.481 e. The number of rotatable bonds is 32. The molecule has 1 fully saturated rings. The lowest BCUT2D eigenvalue weighted by Crippen LogP contribution is -2.51. The van der Waals surface area contributed by atoms with E-state index in [1.807, 2.05) is 16.8 Å². The van der Waals surface area contributed by atoms with E-state index >= 15 is 0 Å². The molecule has 25 heteroatoms. The third-order valence-electron chi connectivity index (χ3n) is 10.9. The zero-order chi connectivity index (χ0) is 50.1. The Morgan fingerprint density at radius 2 is 0.896 bits per heavy atom. The third kappa shape index (κ3) is 30.3. The molecule has 5 amide bonds. The van der Waals surface area contributed by atoms with Crippen LogP contribution in [0.4, 0.5) is 4.79 Å². The van der Waals surface area contributed by atoms with E-state index in [1.54, 1.807) is 9.80 Å². The molecule has 10 N–H and O–H groups in total. The van der Waals surface area contributed by atoms with Gasteiger partial charge in [-0.05, 0) is 64.8 Å². The number of hydrogen-bond acceptors (Lipinski definition) is 15. The van der Waals surface area contributed by atoms with Gasteiger partial charge in [0.15, 0.2) is 0 Å². The molecule has 1 aliphatic rings. The van der Waals surface area contributed by atoms with Gasteiger partial charge in [0.05, 0.1) is 26.7 Å². The number of aliphatic carboxylic acids is 5. The standard InChI is InChI=1S/C42H73N9O16/c1-48-19-21-49(23-24-51(29-38(59)60)26-25-50(22-20-48)28-37(57)58)27-35(54)44-18-10-7-11-30(39(61)62)45-34(53)14-6-4-3-5-13-33(52)43-17-9-8-12-31(40(63)64)46-42(66)47-32(41(65)67-2)15-16-36(55)56/h30-32H,3-29H2,1-2H3,(H,43,52)(H,44,54)(H,45,53)(H,55,56)(H,57,58)(H,59,60)(H,61,62)(H,63,64)(H2,46,47,66)/t30-,31-,32-/m0/s1. The highest BCUT2D eigenvalue weighted by atomic mass is 16.5. The number of carbonyl (C=O) groups is 10. The highest BCUT2D eigenvalue weighted by Crippen LogP contribution is 2.09. The number of likely N-dealkylation sites (N-methyl/N-ethyl adjacent to an activating group) is 1. The van der Waals surface area contributed by atoms with Gasteiger partial charge >= 0.3 is 41.8 Å². The van der Waals surface area contributed by atoms with Crippen molar-refractivity contribution in [3.05, 3.63) is 0 Å². The van der Waals surface area contributed by atoms with E-state index in [2.05, 4.69) is 31.3 Å². The number of carboxylic acids is 5. The Labute approximate surface area is 390 Å². The second-order valence-electron chi connectivity index (χ2n) is 16.5. The van der Waals surface area contributed by atoms with Gasteiger partial charge in [0.1, 0.15) is 18.1 Å². The van der Waals surface area contributed by atoms with Crippen molar-refractivity contribution in [2.24, 2.45) is 0 Å². The molecule has 0 aromatic heterocycles. The number of nitrogens with one attached hydrogen (secondary N) is 5. The molecular weight excluding hydrogens is 887 g/mol. The lowest BCUT2D eigenvalue weighted by atomic mass is 10.1. The van der Waals surface area contributed by atoms with Crippen LogP contribution < -0.4 is 26.6 Å². The van der Waals surface area contributed by atoms with E-state index < -0.39 is 72.3 Å². The Hall–Kier alpha value is -5.66. The summed E-state index contributed by atoms with van der Waals surface area (Å²) >= 11 is 0. The molecule has 0 unspecified atom stereocenters. The van der Waals surface area contributed by atoms with Gasteiger partial charge in [-0.25, -0.2) is 19.2 Å². The number of nitrogens with zero attached hydrogens (tertiary/aromatic N) is 4. The summed E-state index contributed by atoms with van der Waals surface area (Å²) in [6.07, 6.45) is 3.85. The zero-order valence-corrected chi connectivity index (χ0v) is 38.8. The lowest BCUT2D eigenvalue weighted by molar-refractivity contribution is -0.144. The van der Waals surface area contributed by atoms with Gasteiger partial charge in [-0.3, -0.25) is 43.5 Å². The molecule has 0 aromatic carbocycles. The second kappa shape index (κ2) is 34.6. The Morgan fingerprint density at radius 3 is 1.36 bits per heavy atom. The number of carbonyl (C=O) groups excluding carboxylic acids is 5. The number of unbranched alkanes of at least 4 members (excludes halogenated alkanes) is 5. The monoisotopic (exact) mass is 960 g/mol. The highest BCUT2D eigenvalue weighted by Gasteiger charge is 2.26. The molecule has 382 valence electrons. The zero-order valence-electron chi connectivity index (χ0n) is 38.8. The van der Waals surface area contributed by atoms with Gasteiger partial charge < -0.3 is 61.8 Å². The van der Waals surface area contributed by atoms with Gasteiger partial charge in [0.2, 0.25) is 17.7 Å². The van der Waals surface area contributed by atoms with Crippen LogP contribution in [0, 0.1) is 0 Å². The largest absolute Gasteiger partial charge is 0.481 e. The predicted octanol–water partition coefficient (Wildman–Crippen LogP) is -1.35. The van der Waals surface area contributed by atoms with Crippen molar-refractivity contribution in [1.29, 1.82) is 0 Å². The molecule has 67 heavy (non-hydrogen) atoms. The van der Waals surface area contributed by atoms with Crippen molar-refractivity contribution in [2.45, 2.75) is 108 Å². The average Bonchev–Trinajstić information content (AvgIpc) is 3.25. The molecule has 1 saturated heterocycles.